The number of nitrogens with one attached hydrogen (secondary N) is 1. The monoisotopic (exact) mass is 541 g/mol. The molecule has 2 aromatic rings. The van der Waals surface area contributed by atoms with Crippen molar-refractivity contribution in [3.05, 3.63) is 52.5 Å². The lowest BCUT2D eigenvalue weighted by atomic mass is 10.1. The number of ether oxygens (including phenoxy) is 2. The van der Waals surface area contributed by atoms with Crippen LogP contribution in [0, 0.1) is 0 Å². The van der Waals surface area contributed by atoms with Crippen LogP contribution in [-0.2, 0) is 26.2 Å². The third-order valence-electron chi connectivity index (χ3n) is 4.99. The number of carbonyl (C=O) groups excluding carboxylic acids is 2. The Labute approximate surface area is 202 Å². The van der Waals surface area contributed by atoms with Gasteiger partial charge in [-0.05, 0) is 36.8 Å². The number of methoxy groups -OCH3 is 2. The maximum atomic E-state index is 13.4. The molecular weight excluding hydrogens is 514 g/mol. The predicted molar refractivity (Wildman–Crippen MR) is 130 cm³/mol. The largest absolute Gasteiger partial charge is 0.493 e. The van der Waals surface area contributed by atoms with Crippen molar-refractivity contribution >= 4 is 43.5 Å². The van der Waals surface area contributed by atoms with Gasteiger partial charge in [-0.3, -0.25) is 13.9 Å². The van der Waals surface area contributed by atoms with Crippen molar-refractivity contribution in [1.82, 2.24) is 10.2 Å². The number of carbonyl (C=O) groups is 2. The van der Waals surface area contributed by atoms with Gasteiger partial charge in [0.25, 0.3) is 0 Å². The number of rotatable bonds is 10. The molecule has 33 heavy (non-hydrogen) atoms. The van der Waals surface area contributed by atoms with Gasteiger partial charge in [0.2, 0.25) is 21.8 Å². The predicted octanol–water partition coefficient (Wildman–Crippen LogP) is 2.40. The molecule has 9 nitrogen and oxygen atoms in total. The van der Waals surface area contributed by atoms with E-state index in [-0.39, 0.29) is 18.1 Å². The van der Waals surface area contributed by atoms with E-state index in [0.29, 0.717) is 11.5 Å². The Bertz CT molecular complexity index is 1110. The highest BCUT2D eigenvalue weighted by Crippen LogP contribution is 2.32. The quantitative estimate of drug-likeness (QED) is 0.495. The van der Waals surface area contributed by atoms with E-state index in [1.54, 1.807) is 13.0 Å². The Morgan fingerprint density at radius 3 is 2.30 bits per heavy atom. The van der Waals surface area contributed by atoms with Gasteiger partial charge in [-0.1, -0.05) is 28.1 Å². The summed E-state index contributed by atoms with van der Waals surface area (Å²) in [5.41, 5.74) is 1.02. The van der Waals surface area contributed by atoms with E-state index < -0.39 is 28.5 Å². The lowest BCUT2D eigenvalue weighted by molar-refractivity contribution is -0.139. The third kappa shape index (κ3) is 6.84. The van der Waals surface area contributed by atoms with Gasteiger partial charge in [-0.2, -0.15) is 0 Å². The number of hydrogen-bond acceptors (Lipinski definition) is 6. The number of anilines is 1. The van der Waals surface area contributed by atoms with E-state index in [4.69, 9.17) is 9.47 Å². The number of sulfonamides is 1. The van der Waals surface area contributed by atoms with Crippen LogP contribution in [0.25, 0.3) is 0 Å². The second-order valence-corrected chi connectivity index (χ2v) is 10.1. The summed E-state index contributed by atoms with van der Waals surface area (Å²) in [7, 11) is 0.539. The Kier molecular flexibility index (Phi) is 9.12. The average molecular weight is 542 g/mol. The molecule has 0 saturated heterocycles. The Morgan fingerprint density at radius 2 is 1.76 bits per heavy atom. The first kappa shape index (κ1) is 26.5. The molecule has 0 bridgehead atoms. The van der Waals surface area contributed by atoms with Crippen LogP contribution in [0.2, 0.25) is 0 Å². The normalized spacial score (nSPS) is 11.9. The van der Waals surface area contributed by atoms with E-state index in [0.717, 1.165) is 20.6 Å². The molecule has 0 spiro atoms. The summed E-state index contributed by atoms with van der Waals surface area (Å²) in [6.07, 6.45) is 1.01. The topological polar surface area (TPSA) is 105 Å². The summed E-state index contributed by atoms with van der Waals surface area (Å²) in [5, 5.41) is 2.54. The third-order valence-corrected chi connectivity index (χ3v) is 6.62. The minimum atomic E-state index is -3.84. The molecule has 11 heteroatoms. The smallest absolute Gasteiger partial charge is 0.244 e. The van der Waals surface area contributed by atoms with Crippen LogP contribution in [-0.4, -0.2) is 65.2 Å². The zero-order valence-corrected chi connectivity index (χ0v) is 21.6. The molecule has 180 valence electrons. The molecular formula is C22H28BrN3O6S. The second-order valence-electron chi connectivity index (χ2n) is 7.25. The molecule has 1 N–H and O–H groups in total. The van der Waals surface area contributed by atoms with Crippen LogP contribution in [0.4, 0.5) is 5.69 Å². The summed E-state index contributed by atoms with van der Waals surface area (Å²) in [6, 6.07) is 11.1. The highest BCUT2D eigenvalue weighted by Gasteiger charge is 2.30. The van der Waals surface area contributed by atoms with Crippen molar-refractivity contribution in [3.8, 4) is 11.5 Å². The number of halogens is 1. The van der Waals surface area contributed by atoms with Crippen LogP contribution in [0.5, 0.6) is 11.5 Å². The number of amides is 2. The van der Waals surface area contributed by atoms with Gasteiger partial charge in [-0.25, -0.2) is 8.42 Å². The molecule has 0 unspecified atom stereocenters. The van der Waals surface area contributed by atoms with Crippen LogP contribution in [0.3, 0.4) is 0 Å². The highest BCUT2D eigenvalue weighted by molar-refractivity contribution is 9.10. The zero-order chi connectivity index (χ0) is 24.8. The van der Waals surface area contributed by atoms with Gasteiger partial charge >= 0.3 is 0 Å². The van der Waals surface area contributed by atoms with Crippen molar-refractivity contribution in [3.63, 3.8) is 0 Å². The maximum absolute atomic E-state index is 13.4. The molecule has 0 aliphatic carbocycles. The molecule has 0 fully saturated rings. The molecule has 2 amide bonds. The molecule has 2 rings (SSSR count). The first-order valence-corrected chi connectivity index (χ1v) is 12.6. The summed E-state index contributed by atoms with van der Waals surface area (Å²) in [4.78, 5) is 27.1. The van der Waals surface area contributed by atoms with Gasteiger partial charge in [-0.15, -0.1) is 0 Å². The fourth-order valence-corrected chi connectivity index (χ4v) is 4.51. The molecule has 0 heterocycles. The van der Waals surface area contributed by atoms with Crippen molar-refractivity contribution in [2.45, 2.75) is 19.5 Å². The van der Waals surface area contributed by atoms with Gasteiger partial charge in [0.15, 0.2) is 11.5 Å². The SMILES string of the molecule is CNC(=O)[C@H](C)N(Cc1cccc(Br)c1)C(=O)CN(c1ccc(OC)c(OC)c1)S(C)(=O)=O. The van der Waals surface area contributed by atoms with Gasteiger partial charge in [0.05, 0.1) is 26.2 Å². The maximum Gasteiger partial charge on any atom is 0.244 e. The van der Waals surface area contributed by atoms with Gasteiger partial charge in [0.1, 0.15) is 12.6 Å². The summed E-state index contributed by atoms with van der Waals surface area (Å²) in [6.45, 7) is 1.22. The van der Waals surface area contributed by atoms with Crippen LogP contribution >= 0.6 is 15.9 Å². The van der Waals surface area contributed by atoms with Crippen molar-refractivity contribution in [2.24, 2.45) is 0 Å². The molecule has 2 aromatic carbocycles. The Morgan fingerprint density at radius 1 is 1.09 bits per heavy atom. The number of benzene rings is 2. The molecule has 0 saturated carbocycles. The van der Waals surface area contributed by atoms with Gasteiger partial charge in [0, 0.05) is 24.1 Å². The highest BCUT2D eigenvalue weighted by atomic mass is 79.9. The van der Waals surface area contributed by atoms with E-state index in [2.05, 4.69) is 21.2 Å². The minimum absolute atomic E-state index is 0.121. The van der Waals surface area contributed by atoms with Crippen LogP contribution < -0.4 is 19.1 Å². The summed E-state index contributed by atoms with van der Waals surface area (Å²) < 4.78 is 37.5. The standard InChI is InChI=1S/C22H28BrN3O6S/c1-15(22(28)24-2)25(13-16-7-6-8-17(23)11-16)21(27)14-26(33(5,29)30)18-9-10-19(31-3)20(12-18)32-4/h6-12,15H,13-14H2,1-5H3,(H,24,28)/t15-/m0/s1. The average Bonchev–Trinajstić information content (AvgIpc) is 2.78. The number of nitrogens with zero attached hydrogens (tertiary/aromatic N) is 2. The van der Waals surface area contributed by atoms with Crippen molar-refractivity contribution in [2.75, 3.05) is 38.4 Å². The summed E-state index contributed by atoms with van der Waals surface area (Å²) >= 11 is 3.40. The van der Waals surface area contributed by atoms with E-state index in [1.807, 2.05) is 24.3 Å². The zero-order valence-electron chi connectivity index (χ0n) is 19.2. The molecule has 1 atom stereocenters. The molecule has 0 aliphatic rings. The van der Waals surface area contributed by atoms with Crippen molar-refractivity contribution in [1.29, 1.82) is 0 Å². The second kappa shape index (κ2) is 11.4. The Hall–Kier alpha value is -2.79. The van der Waals surface area contributed by atoms with E-state index in [1.165, 1.54) is 38.3 Å². The minimum Gasteiger partial charge on any atom is -0.493 e. The molecule has 0 radical (unpaired) electrons. The van der Waals surface area contributed by atoms with E-state index >= 15 is 0 Å². The number of hydrogen-bond donors (Lipinski definition) is 1. The van der Waals surface area contributed by atoms with E-state index in [9.17, 15) is 18.0 Å². The number of likely N-dealkylation sites (N-methyl/N-ethyl adjacent to an activating group) is 1. The molecule has 0 aliphatic heterocycles. The lowest BCUT2D eigenvalue weighted by Crippen LogP contribution is -2.50. The lowest BCUT2D eigenvalue weighted by Gasteiger charge is -2.31. The van der Waals surface area contributed by atoms with Crippen LogP contribution in [0.15, 0.2) is 46.9 Å². The summed E-state index contributed by atoms with van der Waals surface area (Å²) in [5.74, 6) is -0.159. The fraction of sp³-hybridized carbons (Fsp3) is 0.364. The van der Waals surface area contributed by atoms with Crippen molar-refractivity contribution < 1.29 is 27.5 Å². The fourth-order valence-electron chi connectivity index (χ4n) is 3.22. The first-order chi connectivity index (χ1) is 15.5. The first-order valence-electron chi connectivity index (χ1n) is 9.97. The van der Waals surface area contributed by atoms with Crippen LogP contribution in [0.1, 0.15) is 12.5 Å². The molecule has 0 aromatic heterocycles. The van der Waals surface area contributed by atoms with Gasteiger partial charge < -0.3 is 19.7 Å². The Balaban J connectivity index is 2.43.